The second kappa shape index (κ2) is 7.20. The normalized spacial score (nSPS) is 22.2. The molecular formula is C26H25NO. The zero-order chi connectivity index (χ0) is 18.9. The lowest BCUT2D eigenvalue weighted by Gasteiger charge is -2.37. The van der Waals surface area contributed by atoms with Crippen molar-refractivity contribution in [2.75, 3.05) is 5.32 Å². The summed E-state index contributed by atoms with van der Waals surface area (Å²) in [6, 6.07) is 26.1. The minimum atomic E-state index is 0.350. The third-order valence-corrected chi connectivity index (χ3v) is 5.98. The molecule has 0 fully saturated rings. The molecule has 0 radical (unpaired) electrons. The lowest BCUT2D eigenvalue weighted by molar-refractivity contribution is 0.305. The van der Waals surface area contributed by atoms with Gasteiger partial charge in [-0.3, -0.25) is 0 Å². The average Bonchev–Trinajstić information content (AvgIpc) is 3.23. The fourth-order valence-corrected chi connectivity index (χ4v) is 4.60. The van der Waals surface area contributed by atoms with Crippen molar-refractivity contribution in [2.24, 2.45) is 5.92 Å². The van der Waals surface area contributed by atoms with E-state index in [1.807, 2.05) is 6.07 Å². The molecule has 5 rings (SSSR count). The van der Waals surface area contributed by atoms with Gasteiger partial charge in [0.1, 0.15) is 12.4 Å². The zero-order valence-electron chi connectivity index (χ0n) is 16.1. The Morgan fingerprint density at radius 2 is 1.86 bits per heavy atom. The first-order valence-electron chi connectivity index (χ1n) is 10.1. The highest BCUT2D eigenvalue weighted by atomic mass is 16.5. The van der Waals surface area contributed by atoms with Crippen LogP contribution in [0.25, 0.3) is 0 Å². The maximum atomic E-state index is 6.08. The Morgan fingerprint density at radius 1 is 0.964 bits per heavy atom. The smallest absolute Gasteiger partial charge is 0.120 e. The van der Waals surface area contributed by atoms with Crippen LogP contribution >= 0.6 is 0 Å². The maximum absolute atomic E-state index is 6.08. The number of hydrogen-bond acceptors (Lipinski definition) is 2. The van der Waals surface area contributed by atoms with E-state index in [9.17, 15) is 0 Å². The summed E-state index contributed by atoms with van der Waals surface area (Å²) in [5.41, 5.74) is 6.47. The van der Waals surface area contributed by atoms with Crippen LogP contribution in [0.2, 0.25) is 0 Å². The van der Waals surface area contributed by atoms with Crippen LogP contribution in [0.15, 0.2) is 84.9 Å². The summed E-state index contributed by atoms with van der Waals surface area (Å²) in [6.07, 6.45) is 5.84. The van der Waals surface area contributed by atoms with Crippen LogP contribution in [-0.4, -0.2) is 0 Å². The van der Waals surface area contributed by atoms with Gasteiger partial charge in [0.2, 0.25) is 0 Å². The topological polar surface area (TPSA) is 21.3 Å². The highest BCUT2D eigenvalue weighted by Crippen LogP contribution is 2.50. The van der Waals surface area contributed by atoms with E-state index in [0.717, 1.165) is 12.2 Å². The van der Waals surface area contributed by atoms with E-state index in [1.165, 1.54) is 27.9 Å². The number of nitrogens with one attached hydrogen (secondary N) is 1. The van der Waals surface area contributed by atoms with E-state index in [2.05, 4.69) is 91.1 Å². The zero-order valence-corrected chi connectivity index (χ0v) is 16.1. The van der Waals surface area contributed by atoms with Crippen LogP contribution in [0.1, 0.15) is 40.6 Å². The number of rotatable bonds is 4. The number of fused-ring (bicyclic) bond motifs is 3. The van der Waals surface area contributed by atoms with Gasteiger partial charge in [0.05, 0.1) is 6.04 Å². The number of hydrogen-bond donors (Lipinski definition) is 1. The summed E-state index contributed by atoms with van der Waals surface area (Å²) in [6.45, 7) is 2.77. The second-order valence-corrected chi connectivity index (χ2v) is 7.91. The van der Waals surface area contributed by atoms with Crippen molar-refractivity contribution >= 4 is 5.69 Å². The maximum Gasteiger partial charge on any atom is 0.120 e. The molecule has 3 atom stereocenters. The first-order chi connectivity index (χ1) is 13.8. The van der Waals surface area contributed by atoms with Crippen molar-refractivity contribution in [3.05, 3.63) is 107 Å². The molecule has 1 N–H and O–H groups in total. The van der Waals surface area contributed by atoms with Gasteiger partial charge in [0.25, 0.3) is 0 Å². The van der Waals surface area contributed by atoms with Gasteiger partial charge in [-0.2, -0.15) is 0 Å². The second-order valence-electron chi connectivity index (χ2n) is 7.91. The van der Waals surface area contributed by atoms with Crippen LogP contribution in [0, 0.1) is 12.8 Å². The molecule has 0 spiro atoms. The Morgan fingerprint density at radius 3 is 2.71 bits per heavy atom. The summed E-state index contributed by atoms with van der Waals surface area (Å²) in [5, 5.41) is 3.82. The van der Waals surface area contributed by atoms with Crippen LogP contribution in [0.4, 0.5) is 5.69 Å². The van der Waals surface area contributed by atoms with Crippen LogP contribution in [-0.2, 0) is 6.61 Å². The lowest BCUT2D eigenvalue weighted by atomic mass is 9.77. The van der Waals surface area contributed by atoms with E-state index in [-0.39, 0.29) is 0 Å². The predicted octanol–water partition coefficient (Wildman–Crippen LogP) is 6.40. The number of allylic oxidation sites excluding steroid dienone is 2. The van der Waals surface area contributed by atoms with Gasteiger partial charge < -0.3 is 10.1 Å². The molecule has 1 aliphatic heterocycles. The van der Waals surface area contributed by atoms with Gasteiger partial charge in [-0.25, -0.2) is 0 Å². The first-order valence-corrected chi connectivity index (χ1v) is 10.1. The molecule has 3 aromatic rings. The number of benzene rings is 3. The summed E-state index contributed by atoms with van der Waals surface area (Å²) in [4.78, 5) is 0. The van der Waals surface area contributed by atoms with Crippen molar-refractivity contribution in [3.8, 4) is 5.75 Å². The minimum absolute atomic E-state index is 0.350. The third-order valence-electron chi connectivity index (χ3n) is 5.98. The molecule has 2 aliphatic rings. The Balaban J connectivity index is 1.42. The van der Waals surface area contributed by atoms with Gasteiger partial charge >= 0.3 is 0 Å². The molecule has 1 heterocycles. The Labute approximate surface area is 166 Å². The molecular weight excluding hydrogens is 342 g/mol. The minimum Gasteiger partial charge on any atom is -0.489 e. The van der Waals surface area contributed by atoms with Crippen LogP contribution in [0.3, 0.4) is 0 Å². The molecule has 1 aliphatic carbocycles. The van der Waals surface area contributed by atoms with Crippen molar-refractivity contribution in [1.29, 1.82) is 0 Å². The van der Waals surface area contributed by atoms with Gasteiger partial charge in [-0.1, -0.05) is 72.3 Å². The summed E-state index contributed by atoms with van der Waals surface area (Å²) < 4.78 is 6.08. The first kappa shape index (κ1) is 17.1. The molecule has 3 aromatic carbocycles. The standard InChI is InChI=1S/C26H25NO/c1-18-7-5-10-20(15-18)26-23-12-6-11-22(23)24-16-21(13-14-25(24)27-26)28-17-19-8-3-2-4-9-19/h2-11,13-16,22-23,26-27H,12,17H2,1H3. The SMILES string of the molecule is Cc1cccc(C2Nc3ccc(OCc4ccccc4)cc3C3C=CCC32)c1. The van der Waals surface area contributed by atoms with Gasteiger partial charge in [-0.05, 0) is 54.2 Å². The molecule has 28 heavy (non-hydrogen) atoms. The molecule has 0 aromatic heterocycles. The highest BCUT2D eigenvalue weighted by Gasteiger charge is 2.38. The van der Waals surface area contributed by atoms with Crippen LogP contribution < -0.4 is 10.1 Å². The molecule has 0 saturated heterocycles. The van der Waals surface area contributed by atoms with E-state index in [4.69, 9.17) is 4.74 Å². The average molecular weight is 367 g/mol. The quantitative estimate of drug-likeness (QED) is 0.539. The molecule has 0 bridgehead atoms. The number of ether oxygens (including phenoxy) is 1. The fourth-order valence-electron chi connectivity index (χ4n) is 4.60. The largest absolute Gasteiger partial charge is 0.489 e. The summed E-state index contributed by atoms with van der Waals surface area (Å²) in [7, 11) is 0. The molecule has 0 amide bonds. The Kier molecular flexibility index (Phi) is 4.40. The summed E-state index contributed by atoms with van der Waals surface area (Å²) in [5.74, 6) is 1.94. The predicted molar refractivity (Wildman–Crippen MR) is 115 cm³/mol. The van der Waals surface area contributed by atoms with Crippen molar-refractivity contribution in [1.82, 2.24) is 0 Å². The Hall–Kier alpha value is -3.00. The van der Waals surface area contributed by atoms with E-state index in [1.54, 1.807) is 0 Å². The highest BCUT2D eigenvalue weighted by molar-refractivity contribution is 5.61. The number of anilines is 1. The fraction of sp³-hybridized carbons (Fsp3) is 0.231. The van der Waals surface area contributed by atoms with Gasteiger partial charge in [-0.15, -0.1) is 0 Å². The summed E-state index contributed by atoms with van der Waals surface area (Å²) >= 11 is 0. The van der Waals surface area contributed by atoms with Gasteiger partial charge in [0, 0.05) is 11.6 Å². The van der Waals surface area contributed by atoms with Crippen LogP contribution in [0.5, 0.6) is 5.75 Å². The van der Waals surface area contributed by atoms with Crippen molar-refractivity contribution in [2.45, 2.75) is 31.9 Å². The molecule has 3 unspecified atom stereocenters. The van der Waals surface area contributed by atoms with Gasteiger partial charge in [0.15, 0.2) is 0 Å². The van der Waals surface area contributed by atoms with E-state index in [0.29, 0.717) is 24.5 Å². The molecule has 2 nitrogen and oxygen atoms in total. The van der Waals surface area contributed by atoms with Crippen molar-refractivity contribution < 1.29 is 4.74 Å². The van der Waals surface area contributed by atoms with E-state index < -0.39 is 0 Å². The van der Waals surface area contributed by atoms with Crippen molar-refractivity contribution in [3.63, 3.8) is 0 Å². The lowest BCUT2D eigenvalue weighted by Crippen LogP contribution is -2.29. The third kappa shape index (κ3) is 3.20. The molecule has 0 saturated carbocycles. The molecule has 2 heteroatoms. The Bertz CT molecular complexity index is 1010. The molecule has 140 valence electrons. The van der Waals surface area contributed by atoms with E-state index >= 15 is 0 Å². The monoisotopic (exact) mass is 367 g/mol. The number of aryl methyl sites for hydroxylation is 1.